The molecule has 0 aliphatic carbocycles. The molecule has 2 heterocycles. The molecule has 0 radical (unpaired) electrons. The third-order valence-electron chi connectivity index (χ3n) is 3.06. The largest absolute Gasteiger partial charge is 0.495 e. The van der Waals surface area contributed by atoms with E-state index in [0.717, 1.165) is 28.8 Å². The number of hydrogen-bond acceptors (Lipinski definition) is 4. The van der Waals surface area contributed by atoms with Crippen molar-refractivity contribution in [2.24, 2.45) is 0 Å². The van der Waals surface area contributed by atoms with Gasteiger partial charge in [0.15, 0.2) is 0 Å². The van der Waals surface area contributed by atoms with Crippen LogP contribution in [0.5, 0.6) is 5.75 Å². The number of likely N-dealkylation sites (N-methyl/N-ethyl adjacent to an activating group) is 1. The first-order valence-corrected chi connectivity index (χ1v) is 7.34. The van der Waals surface area contributed by atoms with Gasteiger partial charge in [-0.25, -0.2) is 0 Å². The topological polar surface area (TPSA) is 47.0 Å². The van der Waals surface area contributed by atoms with Crippen LogP contribution in [-0.2, 0) is 6.42 Å². The molecule has 2 aromatic heterocycles. The van der Waals surface area contributed by atoms with Crippen LogP contribution in [0, 0.1) is 0 Å². The molecule has 0 saturated carbocycles. The van der Waals surface area contributed by atoms with E-state index in [0.29, 0.717) is 0 Å². The van der Waals surface area contributed by atoms with Crippen molar-refractivity contribution < 1.29 is 4.74 Å². The van der Waals surface area contributed by atoms with E-state index < -0.39 is 0 Å². The summed E-state index contributed by atoms with van der Waals surface area (Å²) in [5, 5.41) is 3.49. The van der Waals surface area contributed by atoms with E-state index in [4.69, 9.17) is 4.74 Å². The Labute approximate surface area is 127 Å². The molecular formula is C15H18BrN3O. The lowest BCUT2D eigenvalue weighted by atomic mass is 10.00. The predicted molar refractivity (Wildman–Crippen MR) is 82.8 cm³/mol. The predicted octanol–water partition coefficient (Wildman–Crippen LogP) is 3.14. The van der Waals surface area contributed by atoms with E-state index in [1.165, 1.54) is 5.56 Å². The molecule has 2 rings (SSSR count). The number of methoxy groups -OCH3 is 1. The van der Waals surface area contributed by atoms with Gasteiger partial charge in [-0.3, -0.25) is 9.97 Å². The maximum Gasteiger partial charge on any atom is 0.141 e. The molecule has 20 heavy (non-hydrogen) atoms. The van der Waals surface area contributed by atoms with Gasteiger partial charge in [0, 0.05) is 34.7 Å². The Balaban J connectivity index is 2.26. The summed E-state index contributed by atoms with van der Waals surface area (Å²) in [4.78, 5) is 8.32. The minimum atomic E-state index is 0.175. The zero-order valence-electron chi connectivity index (χ0n) is 11.6. The fourth-order valence-electron chi connectivity index (χ4n) is 2.19. The van der Waals surface area contributed by atoms with Gasteiger partial charge in [0.2, 0.25) is 0 Å². The van der Waals surface area contributed by atoms with Gasteiger partial charge in [-0.05, 0) is 46.6 Å². The molecule has 0 saturated heterocycles. The summed E-state index contributed by atoms with van der Waals surface area (Å²) >= 11 is 3.46. The minimum Gasteiger partial charge on any atom is -0.495 e. The number of nitrogens with one attached hydrogen (secondary N) is 1. The van der Waals surface area contributed by atoms with Gasteiger partial charge in [-0.1, -0.05) is 6.92 Å². The molecule has 0 bridgehead atoms. The van der Waals surface area contributed by atoms with Crippen LogP contribution in [0.3, 0.4) is 0 Å². The van der Waals surface area contributed by atoms with Gasteiger partial charge in [0.05, 0.1) is 13.3 Å². The Morgan fingerprint density at radius 3 is 2.85 bits per heavy atom. The summed E-state index contributed by atoms with van der Waals surface area (Å²) in [7, 11) is 1.67. The lowest BCUT2D eigenvalue weighted by molar-refractivity contribution is 0.397. The van der Waals surface area contributed by atoms with Crippen LogP contribution in [-0.4, -0.2) is 23.6 Å². The maximum absolute atomic E-state index is 5.41. The SMILES string of the molecule is CCNC(Cc1cncc(Br)c1)c1ccncc1OC. The average Bonchev–Trinajstić information content (AvgIpc) is 2.47. The first-order chi connectivity index (χ1) is 9.74. The number of hydrogen-bond donors (Lipinski definition) is 1. The van der Waals surface area contributed by atoms with E-state index in [9.17, 15) is 0 Å². The van der Waals surface area contributed by atoms with Gasteiger partial charge in [-0.2, -0.15) is 0 Å². The number of nitrogens with zero attached hydrogens (tertiary/aromatic N) is 2. The molecule has 1 N–H and O–H groups in total. The normalized spacial score (nSPS) is 12.2. The quantitative estimate of drug-likeness (QED) is 0.880. The van der Waals surface area contributed by atoms with Gasteiger partial charge in [0.1, 0.15) is 5.75 Å². The van der Waals surface area contributed by atoms with Crippen LogP contribution in [0.15, 0.2) is 41.4 Å². The molecule has 1 atom stereocenters. The molecule has 0 amide bonds. The summed E-state index contributed by atoms with van der Waals surface area (Å²) in [6.45, 7) is 2.98. The van der Waals surface area contributed by atoms with E-state index in [1.807, 2.05) is 12.3 Å². The van der Waals surface area contributed by atoms with Crippen molar-refractivity contribution in [3.05, 3.63) is 52.5 Å². The van der Waals surface area contributed by atoms with Crippen molar-refractivity contribution in [1.82, 2.24) is 15.3 Å². The molecule has 5 heteroatoms. The van der Waals surface area contributed by atoms with Crippen molar-refractivity contribution in [2.75, 3.05) is 13.7 Å². The second-order valence-electron chi connectivity index (χ2n) is 4.44. The van der Waals surface area contributed by atoms with E-state index in [2.05, 4.69) is 44.2 Å². The Bertz CT molecular complexity index is 562. The van der Waals surface area contributed by atoms with Gasteiger partial charge < -0.3 is 10.1 Å². The molecule has 0 fully saturated rings. The van der Waals surface area contributed by atoms with Crippen molar-refractivity contribution >= 4 is 15.9 Å². The zero-order chi connectivity index (χ0) is 14.4. The van der Waals surface area contributed by atoms with Gasteiger partial charge in [-0.15, -0.1) is 0 Å². The van der Waals surface area contributed by atoms with Crippen molar-refractivity contribution in [3.8, 4) is 5.75 Å². The summed E-state index contributed by atoms with van der Waals surface area (Å²) in [5.41, 5.74) is 2.29. The molecular weight excluding hydrogens is 318 g/mol. The molecule has 4 nitrogen and oxygen atoms in total. The summed E-state index contributed by atoms with van der Waals surface area (Å²) in [6, 6.07) is 4.26. The summed E-state index contributed by atoms with van der Waals surface area (Å²) in [6.07, 6.45) is 8.07. The van der Waals surface area contributed by atoms with Crippen molar-refractivity contribution in [2.45, 2.75) is 19.4 Å². The van der Waals surface area contributed by atoms with Crippen LogP contribution >= 0.6 is 15.9 Å². The van der Waals surface area contributed by atoms with E-state index in [1.54, 1.807) is 25.7 Å². The fourth-order valence-corrected chi connectivity index (χ4v) is 2.60. The second kappa shape index (κ2) is 7.36. The molecule has 0 aliphatic rings. The van der Waals surface area contributed by atoms with Crippen LogP contribution in [0.1, 0.15) is 24.1 Å². The average molecular weight is 336 g/mol. The molecule has 2 aromatic rings. The highest BCUT2D eigenvalue weighted by atomic mass is 79.9. The van der Waals surface area contributed by atoms with E-state index in [-0.39, 0.29) is 6.04 Å². The summed E-state index contributed by atoms with van der Waals surface area (Å²) < 4.78 is 6.40. The third-order valence-corrected chi connectivity index (χ3v) is 3.50. The second-order valence-corrected chi connectivity index (χ2v) is 5.36. The van der Waals surface area contributed by atoms with Gasteiger partial charge >= 0.3 is 0 Å². The van der Waals surface area contributed by atoms with Crippen molar-refractivity contribution in [3.63, 3.8) is 0 Å². The Hall–Kier alpha value is -1.46. The number of rotatable bonds is 6. The van der Waals surface area contributed by atoms with Crippen LogP contribution < -0.4 is 10.1 Å². The highest BCUT2D eigenvalue weighted by molar-refractivity contribution is 9.10. The lowest BCUT2D eigenvalue weighted by Gasteiger charge is -2.20. The maximum atomic E-state index is 5.41. The minimum absolute atomic E-state index is 0.175. The van der Waals surface area contributed by atoms with Crippen LogP contribution in [0.2, 0.25) is 0 Å². The first kappa shape index (κ1) is 14.9. The van der Waals surface area contributed by atoms with Crippen LogP contribution in [0.4, 0.5) is 0 Å². The highest BCUT2D eigenvalue weighted by Gasteiger charge is 2.16. The lowest BCUT2D eigenvalue weighted by Crippen LogP contribution is -2.23. The molecule has 0 spiro atoms. The smallest absolute Gasteiger partial charge is 0.141 e. The Morgan fingerprint density at radius 1 is 1.30 bits per heavy atom. The van der Waals surface area contributed by atoms with E-state index >= 15 is 0 Å². The molecule has 0 aromatic carbocycles. The number of aromatic nitrogens is 2. The molecule has 1 unspecified atom stereocenters. The molecule has 106 valence electrons. The Morgan fingerprint density at radius 2 is 2.15 bits per heavy atom. The number of ether oxygens (including phenoxy) is 1. The van der Waals surface area contributed by atoms with Gasteiger partial charge in [0.25, 0.3) is 0 Å². The standard InChI is InChI=1S/C15H18BrN3O/c1-3-19-14(7-11-6-12(16)9-18-8-11)13-4-5-17-10-15(13)20-2/h4-6,8-10,14,19H,3,7H2,1-2H3. The molecule has 0 aliphatic heterocycles. The van der Waals surface area contributed by atoms with Crippen LogP contribution in [0.25, 0.3) is 0 Å². The first-order valence-electron chi connectivity index (χ1n) is 6.55. The Kier molecular flexibility index (Phi) is 5.49. The third kappa shape index (κ3) is 3.77. The highest BCUT2D eigenvalue weighted by Crippen LogP contribution is 2.27. The van der Waals surface area contributed by atoms with Crippen molar-refractivity contribution in [1.29, 1.82) is 0 Å². The fraction of sp³-hybridized carbons (Fsp3) is 0.333. The number of pyridine rings is 2. The number of halogens is 1. The monoisotopic (exact) mass is 335 g/mol. The summed E-state index contributed by atoms with van der Waals surface area (Å²) in [5.74, 6) is 0.807. The zero-order valence-corrected chi connectivity index (χ0v) is 13.2.